The zero-order valence-electron chi connectivity index (χ0n) is 9.99. The molecule has 1 rings (SSSR count). The molecule has 1 aromatic rings. The summed E-state index contributed by atoms with van der Waals surface area (Å²) in [6, 6.07) is 8.98. The first kappa shape index (κ1) is 14.8. The van der Waals surface area contributed by atoms with Gasteiger partial charge in [0.25, 0.3) is 0 Å². The van der Waals surface area contributed by atoms with E-state index in [1.54, 1.807) is 12.1 Å². The van der Waals surface area contributed by atoms with Gasteiger partial charge in [-0.25, -0.2) is 0 Å². The lowest BCUT2D eigenvalue weighted by Crippen LogP contribution is -2.39. The molecule has 0 spiro atoms. The largest absolute Gasteiger partial charge is 0.492 e. The summed E-state index contributed by atoms with van der Waals surface area (Å²) in [6.45, 7) is -0.146. The number of para-hydroxylation sites is 1. The fourth-order valence-corrected chi connectivity index (χ4v) is 1.52. The van der Waals surface area contributed by atoms with E-state index in [-0.39, 0.29) is 26.2 Å². The molecule has 3 nitrogen and oxygen atoms in total. The molecule has 0 saturated heterocycles. The zero-order valence-corrected chi connectivity index (χ0v) is 9.99. The highest BCUT2D eigenvalue weighted by molar-refractivity contribution is 5.20. The van der Waals surface area contributed by atoms with Gasteiger partial charge in [-0.3, -0.25) is 4.90 Å². The second kappa shape index (κ2) is 7.23. The minimum absolute atomic E-state index is 0.196. The molecule has 0 bridgehead atoms. The summed E-state index contributed by atoms with van der Waals surface area (Å²) in [4.78, 5) is 1.24. The van der Waals surface area contributed by atoms with Crippen LogP contribution in [0, 0.1) is 0 Å². The van der Waals surface area contributed by atoms with Gasteiger partial charge in [0, 0.05) is 19.6 Å². The smallest absolute Gasteiger partial charge is 0.401 e. The lowest BCUT2D eigenvalue weighted by molar-refractivity contribution is -0.146. The summed E-state index contributed by atoms with van der Waals surface area (Å²) in [6.07, 6.45) is -4.21. The Balaban J connectivity index is 2.33. The molecule has 102 valence electrons. The fraction of sp³-hybridized carbons (Fsp3) is 0.500. The van der Waals surface area contributed by atoms with Crippen LogP contribution in [0.5, 0.6) is 5.75 Å². The highest BCUT2D eigenvalue weighted by Crippen LogP contribution is 2.16. The highest BCUT2D eigenvalue weighted by atomic mass is 19.4. The summed E-state index contributed by atoms with van der Waals surface area (Å²) in [7, 11) is 0. The maximum Gasteiger partial charge on any atom is 0.401 e. The Bertz CT molecular complexity index is 330. The van der Waals surface area contributed by atoms with E-state index in [0.717, 1.165) is 0 Å². The van der Waals surface area contributed by atoms with Crippen molar-refractivity contribution in [2.45, 2.75) is 6.18 Å². The van der Waals surface area contributed by atoms with Crippen LogP contribution in [0.2, 0.25) is 0 Å². The Morgan fingerprint density at radius 3 is 2.33 bits per heavy atom. The van der Waals surface area contributed by atoms with Crippen molar-refractivity contribution in [2.24, 2.45) is 5.73 Å². The predicted octanol–water partition coefficient (Wildman–Crippen LogP) is 1.89. The number of rotatable bonds is 7. The minimum atomic E-state index is -4.21. The van der Waals surface area contributed by atoms with E-state index < -0.39 is 12.7 Å². The summed E-state index contributed by atoms with van der Waals surface area (Å²) >= 11 is 0. The van der Waals surface area contributed by atoms with Crippen LogP contribution in [0.25, 0.3) is 0 Å². The van der Waals surface area contributed by atoms with Crippen molar-refractivity contribution in [3.05, 3.63) is 30.3 Å². The van der Waals surface area contributed by atoms with Crippen LogP contribution in [0.15, 0.2) is 30.3 Å². The average Bonchev–Trinajstić information content (AvgIpc) is 2.28. The first-order valence-electron chi connectivity index (χ1n) is 5.68. The lowest BCUT2D eigenvalue weighted by atomic mass is 10.3. The number of nitrogens with two attached hydrogens (primary N) is 1. The van der Waals surface area contributed by atoms with Crippen molar-refractivity contribution >= 4 is 0 Å². The molecular weight excluding hydrogens is 245 g/mol. The summed E-state index contributed by atoms with van der Waals surface area (Å²) < 4.78 is 42.1. The molecule has 0 heterocycles. The molecule has 0 unspecified atom stereocenters. The van der Waals surface area contributed by atoms with Crippen molar-refractivity contribution in [1.82, 2.24) is 4.90 Å². The van der Waals surface area contributed by atoms with Gasteiger partial charge in [-0.05, 0) is 12.1 Å². The second-order valence-electron chi connectivity index (χ2n) is 3.84. The quantitative estimate of drug-likeness (QED) is 0.815. The second-order valence-corrected chi connectivity index (χ2v) is 3.84. The molecule has 0 aliphatic heterocycles. The van der Waals surface area contributed by atoms with E-state index in [0.29, 0.717) is 5.75 Å². The third-order valence-electron chi connectivity index (χ3n) is 2.27. The Morgan fingerprint density at radius 1 is 1.11 bits per heavy atom. The van der Waals surface area contributed by atoms with Gasteiger partial charge >= 0.3 is 6.18 Å². The Labute approximate surface area is 104 Å². The van der Waals surface area contributed by atoms with Crippen LogP contribution >= 0.6 is 0 Å². The zero-order chi connectivity index (χ0) is 13.4. The van der Waals surface area contributed by atoms with Gasteiger partial charge in [-0.15, -0.1) is 0 Å². The van der Waals surface area contributed by atoms with Crippen molar-refractivity contribution in [1.29, 1.82) is 0 Å². The summed E-state index contributed by atoms with van der Waals surface area (Å²) in [5, 5.41) is 0. The van der Waals surface area contributed by atoms with Gasteiger partial charge in [0.2, 0.25) is 0 Å². The van der Waals surface area contributed by atoms with E-state index in [1.807, 2.05) is 18.2 Å². The van der Waals surface area contributed by atoms with Gasteiger partial charge in [0.05, 0.1) is 6.54 Å². The molecule has 6 heteroatoms. The molecule has 0 radical (unpaired) electrons. The molecular formula is C12H17F3N2O. The van der Waals surface area contributed by atoms with Gasteiger partial charge < -0.3 is 10.5 Å². The maximum absolute atomic E-state index is 12.3. The van der Waals surface area contributed by atoms with Gasteiger partial charge in [0.1, 0.15) is 12.4 Å². The Kier molecular flexibility index (Phi) is 5.94. The van der Waals surface area contributed by atoms with Gasteiger partial charge in [-0.1, -0.05) is 18.2 Å². The Morgan fingerprint density at radius 2 is 1.78 bits per heavy atom. The average molecular weight is 262 g/mol. The molecule has 0 saturated carbocycles. The highest BCUT2D eigenvalue weighted by Gasteiger charge is 2.30. The fourth-order valence-electron chi connectivity index (χ4n) is 1.52. The first-order chi connectivity index (χ1) is 8.51. The van der Waals surface area contributed by atoms with E-state index in [1.165, 1.54) is 4.90 Å². The summed E-state index contributed by atoms with van der Waals surface area (Å²) in [5.41, 5.74) is 5.28. The molecule has 0 aliphatic carbocycles. The number of ether oxygens (including phenoxy) is 1. The normalized spacial score (nSPS) is 11.8. The number of alkyl halides is 3. The number of halogens is 3. The van der Waals surface area contributed by atoms with Crippen molar-refractivity contribution in [2.75, 3.05) is 32.8 Å². The maximum atomic E-state index is 12.3. The number of hydrogen-bond acceptors (Lipinski definition) is 3. The van der Waals surface area contributed by atoms with E-state index in [2.05, 4.69) is 0 Å². The third-order valence-corrected chi connectivity index (χ3v) is 2.27. The van der Waals surface area contributed by atoms with Crippen LogP contribution in [0.4, 0.5) is 13.2 Å². The Hall–Kier alpha value is -1.27. The van der Waals surface area contributed by atoms with Crippen LogP contribution in [0.3, 0.4) is 0 Å². The van der Waals surface area contributed by atoms with Crippen LogP contribution in [0.1, 0.15) is 0 Å². The van der Waals surface area contributed by atoms with E-state index >= 15 is 0 Å². The lowest BCUT2D eigenvalue weighted by Gasteiger charge is -2.22. The number of nitrogens with zero attached hydrogens (tertiary/aromatic N) is 1. The van der Waals surface area contributed by atoms with Gasteiger partial charge in [-0.2, -0.15) is 13.2 Å². The summed E-state index contributed by atoms with van der Waals surface area (Å²) in [5.74, 6) is 0.650. The molecule has 1 aromatic carbocycles. The third kappa shape index (κ3) is 6.46. The van der Waals surface area contributed by atoms with Crippen LogP contribution in [-0.2, 0) is 0 Å². The first-order valence-corrected chi connectivity index (χ1v) is 5.68. The molecule has 0 atom stereocenters. The van der Waals surface area contributed by atoms with Crippen molar-refractivity contribution in [3.63, 3.8) is 0 Å². The predicted molar refractivity (Wildman–Crippen MR) is 63.5 cm³/mol. The molecule has 0 fully saturated rings. The standard InChI is InChI=1S/C12H17F3N2O/c13-12(14,15)10-17(7-6-16)8-9-18-11-4-2-1-3-5-11/h1-5H,6-10,16H2. The molecule has 0 aromatic heterocycles. The van der Waals surface area contributed by atoms with Crippen LogP contribution in [-0.4, -0.2) is 43.9 Å². The number of hydrogen-bond donors (Lipinski definition) is 1. The van der Waals surface area contributed by atoms with Crippen molar-refractivity contribution in [3.8, 4) is 5.75 Å². The van der Waals surface area contributed by atoms with Crippen LogP contribution < -0.4 is 10.5 Å². The monoisotopic (exact) mass is 262 g/mol. The van der Waals surface area contributed by atoms with Crippen molar-refractivity contribution < 1.29 is 17.9 Å². The van der Waals surface area contributed by atoms with E-state index in [4.69, 9.17) is 10.5 Å². The van der Waals surface area contributed by atoms with E-state index in [9.17, 15) is 13.2 Å². The SMILES string of the molecule is NCCN(CCOc1ccccc1)CC(F)(F)F. The molecule has 18 heavy (non-hydrogen) atoms. The molecule has 0 amide bonds. The topological polar surface area (TPSA) is 38.5 Å². The number of benzene rings is 1. The molecule has 2 N–H and O–H groups in total. The van der Waals surface area contributed by atoms with Gasteiger partial charge in [0.15, 0.2) is 0 Å². The molecule has 0 aliphatic rings. The minimum Gasteiger partial charge on any atom is -0.492 e.